The lowest BCUT2D eigenvalue weighted by Gasteiger charge is -2.13. The van der Waals surface area contributed by atoms with Gasteiger partial charge in [-0.1, -0.05) is 56.5 Å². The zero-order chi connectivity index (χ0) is 11.4. The highest BCUT2D eigenvalue weighted by molar-refractivity contribution is 6.42. The zero-order valence-corrected chi connectivity index (χ0v) is 11.1. The topological polar surface area (TPSA) is 0 Å². The predicted molar refractivity (Wildman–Crippen MR) is 68.9 cm³/mol. The Bertz CT molecular complexity index is 318. The van der Waals surface area contributed by atoms with Crippen molar-refractivity contribution in [1.29, 1.82) is 0 Å². The highest BCUT2D eigenvalue weighted by atomic mass is 35.5. The molecule has 1 rings (SSSR count). The van der Waals surface area contributed by atoms with Gasteiger partial charge >= 0.3 is 0 Å². The Morgan fingerprint density at radius 2 is 1.67 bits per heavy atom. The van der Waals surface area contributed by atoms with Crippen molar-refractivity contribution in [2.75, 3.05) is 0 Å². The minimum atomic E-state index is 0.558. The van der Waals surface area contributed by atoms with Crippen LogP contribution >= 0.6 is 23.2 Å². The maximum absolute atomic E-state index is 5.99. The molecule has 2 heteroatoms. The normalized spacial score (nSPS) is 13.2. The molecule has 0 fully saturated rings. The Morgan fingerprint density at radius 1 is 1.00 bits per heavy atom. The lowest BCUT2D eigenvalue weighted by Crippen LogP contribution is -1.96. The van der Waals surface area contributed by atoms with Crippen LogP contribution in [-0.4, -0.2) is 0 Å². The molecule has 0 spiro atoms. The van der Waals surface area contributed by atoms with Crippen LogP contribution in [0.25, 0.3) is 0 Å². The van der Waals surface area contributed by atoms with Crippen molar-refractivity contribution in [2.24, 2.45) is 5.92 Å². The lowest BCUT2D eigenvalue weighted by molar-refractivity contribution is 0.517. The first kappa shape index (κ1) is 12.9. The molecule has 84 valence electrons. The molecule has 0 aliphatic heterocycles. The summed E-state index contributed by atoms with van der Waals surface area (Å²) in [5, 5.41) is 1.29. The molecule has 0 aromatic heterocycles. The Kier molecular flexibility index (Phi) is 4.95. The number of hydrogen-bond acceptors (Lipinski definition) is 0. The third-order valence-electron chi connectivity index (χ3n) is 2.69. The highest BCUT2D eigenvalue weighted by Crippen LogP contribution is 2.29. The predicted octanol–water partition coefficient (Wildman–Crippen LogP) is 5.53. The third kappa shape index (κ3) is 4.04. The molecule has 0 amide bonds. The summed E-state index contributed by atoms with van der Waals surface area (Å²) in [6.45, 7) is 6.74. The third-order valence-corrected chi connectivity index (χ3v) is 3.43. The van der Waals surface area contributed by atoms with Crippen LogP contribution in [0, 0.1) is 5.92 Å². The van der Waals surface area contributed by atoms with Gasteiger partial charge in [0.2, 0.25) is 0 Å². The van der Waals surface area contributed by atoms with Crippen LogP contribution in [0.5, 0.6) is 0 Å². The summed E-state index contributed by atoms with van der Waals surface area (Å²) < 4.78 is 0. The summed E-state index contributed by atoms with van der Waals surface area (Å²) in [6, 6.07) is 5.93. The molecular weight excluding hydrogens is 227 g/mol. The molecule has 0 aliphatic carbocycles. The molecule has 1 unspecified atom stereocenters. The fourth-order valence-electron chi connectivity index (χ4n) is 1.57. The molecular formula is C13H18Cl2. The van der Waals surface area contributed by atoms with Gasteiger partial charge in [0.25, 0.3) is 0 Å². The Hall–Kier alpha value is -0.200. The minimum Gasteiger partial charge on any atom is -0.0827 e. The van der Waals surface area contributed by atoms with Crippen LogP contribution in [0.3, 0.4) is 0 Å². The maximum Gasteiger partial charge on any atom is 0.0595 e. The fraction of sp³-hybridized carbons (Fsp3) is 0.538. The monoisotopic (exact) mass is 244 g/mol. The van der Waals surface area contributed by atoms with Gasteiger partial charge in [0.15, 0.2) is 0 Å². The molecule has 15 heavy (non-hydrogen) atoms. The Morgan fingerprint density at radius 3 is 2.20 bits per heavy atom. The molecule has 0 bridgehead atoms. The fourth-order valence-corrected chi connectivity index (χ4v) is 1.88. The molecule has 1 aromatic carbocycles. The first-order chi connectivity index (χ1) is 7.00. The summed E-state index contributed by atoms with van der Waals surface area (Å²) >= 11 is 11.9. The van der Waals surface area contributed by atoms with Crippen molar-refractivity contribution in [3.63, 3.8) is 0 Å². The van der Waals surface area contributed by atoms with Crippen LogP contribution < -0.4 is 0 Å². The second kappa shape index (κ2) is 5.77. The molecule has 0 N–H and O–H groups in total. The second-order valence-corrected chi connectivity index (χ2v) is 5.36. The van der Waals surface area contributed by atoms with E-state index in [1.807, 2.05) is 12.1 Å². The summed E-state index contributed by atoms with van der Waals surface area (Å²) in [4.78, 5) is 0. The van der Waals surface area contributed by atoms with Gasteiger partial charge in [-0.15, -0.1) is 0 Å². The van der Waals surface area contributed by atoms with E-state index in [1.165, 1.54) is 18.4 Å². The largest absolute Gasteiger partial charge is 0.0827 e. The van der Waals surface area contributed by atoms with Gasteiger partial charge in [0, 0.05) is 0 Å². The summed E-state index contributed by atoms with van der Waals surface area (Å²) in [7, 11) is 0. The quantitative estimate of drug-likeness (QED) is 0.653. The average molecular weight is 245 g/mol. The summed E-state index contributed by atoms with van der Waals surface area (Å²) in [5.74, 6) is 1.32. The Labute approximate surface area is 103 Å². The van der Waals surface area contributed by atoms with Crippen molar-refractivity contribution in [3.05, 3.63) is 33.8 Å². The Balaban J connectivity index is 2.65. The molecule has 0 aliphatic rings. The van der Waals surface area contributed by atoms with E-state index in [4.69, 9.17) is 23.2 Å². The SMILES string of the molecule is CC(C)CCC(C)c1ccc(Cl)c(Cl)c1. The van der Waals surface area contributed by atoms with Crippen molar-refractivity contribution >= 4 is 23.2 Å². The first-order valence-corrected chi connectivity index (χ1v) is 6.21. The molecule has 0 saturated heterocycles. The van der Waals surface area contributed by atoms with E-state index in [0.717, 1.165) is 5.92 Å². The van der Waals surface area contributed by atoms with Crippen molar-refractivity contribution in [2.45, 2.75) is 39.5 Å². The van der Waals surface area contributed by atoms with E-state index >= 15 is 0 Å². The molecule has 0 nitrogen and oxygen atoms in total. The second-order valence-electron chi connectivity index (χ2n) is 4.55. The van der Waals surface area contributed by atoms with E-state index in [-0.39, 0.29) is 0 Å². The highest BCUT2D eigenvalue weighted by Gasteiger charge is 2.08. The van der Waals surface area contributed by atoms with E-state index in [1.54, 1.807) is 0 Å². The first-order valence-electron chi connectivity index (χ1n) is 5.45. The van der Waals surface area contributed by atoms with Gasteiger partial charge in [0.05, 0.1) is 10.0 Å². The van der Waals surface area contributed by atoms with Crippen LogP contribution in [-0.2, 0) is 0 Å². The van der Waals surface area contributed by atoms with Crippen LogP contribution in [0.1, 0.15) is 45.1 Å². The average Bonchev–Trinajstić information content (AvgIpc) is 2.18. The molecule has 0 radical (unpaired) electrons. The summed E-state index contributed by atoms with van der Waals surface area (Å²) in [5.41, 5.74) is 1.28. The van der Waals surface area contributed by atoms with Gasteiger partial charge in [-0.25, -0.2) is 0 Å². The standard InChI is InChI=1S/C13H18Cl2/c1-9(2)4-5-10(3)11-6-7-12(14)13(15)8-11/h6-10H,4-5H2,1-3H3. The van der Waals surface area contributed by atoms with Crippen molar-refractivity contribution in [1.82, 2.24) is 0 Å². The minimum absolute atomic E-state index is 0.558. The number of benzene rings is 1. The van der Waals surface area contributed by atoms with E-state index in [0.29, 0.717) is 16.0 Å². The maximum atomic E-state index is 5.99. The lowest BCUT2D eigenvalue weighted by atomic mass is 9.93. The van der Waals surface area contributed by atoms with E-state index in [9.17, 15) is 0 Å². The van der Waals surface area contributed by atoms with Crippen LogP contribution in [0.2, 0.25) is 10.0 Å². The number of rotatable bonds is 4. The molecule has 0 saturated carbocycles. The number of hydrogen-bond donors (Lipinski definition) is 0. The van der Waals surface area contributed by atoms with Gasteiger partial charge in [-0.2, -0.15) is 0 Å². The van der Waals surface area contributed by atoms with E-state index < -0.39 is 0 Å². The number of halogens is 2. The van der Waals surface area contributed by atoms with Gasteiger partial charge in [0.1, 0.15) is 0 Å². The smallest absolute Gasteiger partial charge is 0.0595 e. The zero-order valence-electron chi connectivity index (χ0n) is 9.56. The summed E-state index contributed by atoms with van der Waals surface area (Å²) in [6.07, 6.45) is 2.46. The molecule has 1 atom stereocenters. The van der Waals surface area contributed by atoms with Crippen LogP contribution in [0.4, 0.5) is 0 Å². The molecule has 0 heterocycles. The van der Waals surface area contributed by atoms with Crippen LogP contribution in [0.15, 0.2) is 18.2 Å². The van der Waals surface area contributed by atoms with E-state index in [2.05, 4.69) is 26.8 Å². The van der Waals surface area contributed by atoms with Gasteiger partial charge in [-0.3, -0.25) is 0 Å². The molecule has 1 aromatic rings. The van der Waals surface area contributed by atoms with Crippen molar-refractivity contribution < 1.29 is 0 Å². The van der Waals surface area contributed by atoms with Gasteiger partial charge in [-0.05, 0) is 36.0 Å². The van der Waals surface area contributed by atoms with Crippen molar-refractivity contribution in [3.8, 4) is 0 Å². The van der Waals surface area contributed by atoms with Gasteiger partial charge < -0.3 is 0 Å².